The number of ether oxygens (including phenoxy) is 3. The molecule has 0 saturated carbocycles. The highest BCUT2D eigenvalue weighted by atomic mass is 35.5. The molecule has 124 valence electrons. The molecule has 0 bridgehead atoms. The Morgan fingerprint density at radius 1 is 1.00 bits per heavy atom. The second-order valence-corrected chi connectivity index (χ2v) is 5.26. The van der Waals surface area contributed by atoms with Crippen molar-refractivity contribution in [3.63, 3.8) is 0 Å². The van der Waals surface area contributed by atoms with Crippen LogP contribution in [0.1, 0.15) is 19.4 Å². The van der Waals surface area contributed by atoms with E-state index in [1.54, 1.807) is 7.11 Å². The highest BCUT2D eigenvalue weighted by Crippen LogP contribution is 2.36. The largest absolute Gasteiger partial charge is 0.494 e. The van der Waals surface area contributed by atoms with Gasteiger partial charge in [0.25, 0.3) is 0 Å². The lowest BCUT2D eigenvalue weighted by Gasteiger charge is -2.14. The summed E-state index contributed by atoms with van der Waals surface area (Å²) in [5.41, 5.74) is 2.03. The van der Waals surface area contributed by atoms with Crippen molar-refractivity contribution in [2.45, 2.75) is 20.4 Å². The second-order valence-electron chi connectivity index (χ2n) is 4.85. The van der Waals surface area contributed by atoms with Crippen LogP contribution in [-0.2, 0) is 6.54 Å². The third-order valence-electron chi connectivity index (χ3n) is 3.24. The van der Waals surface area contributed by atoms with Gasteiger partial charge in [-0.25, -0.2) is 0 Å². The molecule has 2 rings (SSSR count). The van der Waals surface area contributed by atoms with E-state index in [1.165, 1.54) is 0 Å². The molecule has 0 aliphatic carbocycles. The zero-order chi connectivity index (χ0) is 16.7. The first-order valence-corrected chi connectivity index (χ1v) is 8.01. The number of hydrogen-bond donors (Lipinski definition) is 1. The quantitative estimate of drug-likeness (QED) is 0.755. The summed E-state index contributed by atoms with van der Waals surface area (Å²) in [6, 6.07) is 11.7. The van der Waals surface area contributed by atoms with Gasteiger partial charge in [0.2, 0.25) is 0 Å². The van der Waals surface area contributed by atoms with Gasteiger partial charge in [0, 0.05) is 12.2 Å². The molecular formula is C18H22ClNO3. The molecule has 0 spiro atoms. The normalized spacial score (nSPS) is 10.3. The Kier molecular flexibility index (Phi) is 6.41. The van der Waals surface area contributed by atoms with Crippen LogP contribution in [0.25, 0.3) is 0 Å². The van der Waals surface area contributed by atoms with Crippen molar-refractivity contribution in [3.05, 3.63) is 47.0 Å². The Balaban J connectivity index is 2.07. The molecule has 5 heteroatoms. The molecular weight excluding hydrogens is 314 g/mol. The van der Waals surface area contributed by atoms with Gasteiger partial charge in [-0.2, -0.15) is 0 Å². The van der Waals surface area contributed by atoms with E-state index in [0.29, 0.717) is 36.3 Å². The van der Waals surface area contributed by atoms with Gasteiger partial charge in [0.1, 0.15) is 5.75 Å². The molecule has 2 aromatic rings. The Morgan fingerprint density at radius 2 is 1.70 bits per heavy atom. The molecule has 0 aromatic heterocycles. The number of hydrogen-bond acceptors (Lipinski definition) is 4. The first-order valence-electron chi connectivity index (χ1n) is 7.63. The Bertz CT molecular complexity index is 629. The van der Waals surface area contributed by atoms with Crippen LogP contribution >= 0.6 is 11.6 Å². The summed E-state index contributed by atoms with van der Waals surface area (Å²) in [5, 5.41) is 3.90. The summed E-state index contributed by atoms with van der Waals surface area (Å²) in [7, 11) is 1.58. The van der Waals surface area contributed by atoms with Crippen molar-refractivity contribution < 1.29 is 14.2 Å². The monoisotopic (exact) mass is 335 g/mol. The molecule has 0 atom stereocenters. The molecule has 0 aliphatic rings. The maximum absolute atomic E-state index is 6.26. The molecule has 0 aliphatic heterocycles. The van der Waals surface area contributed by atoms with Gasteiger partial charge >= 0.3 is 0 Å². The number of rotatable bonds is 8. The SMILES string of the molecule is CCOc1ccc(NCc2cc(Cl)c(OC)c(OCC)c2)cc1. The van der Waals surface area contributed by atoms with Crippen molar-refractivity contribution in [1.82, 2.24) is 0 Å². The number of benzene rings is 2. The van der Waals surface area contributed by atoms with Crippen LogP contribution in [-0.4, -0.2) is 20.3 Å². The fourth-order valence-corrected chi connectivity index (χ4v) is 2.53. The maximum Gasteiger partial charge on any atom is 0.179 e. The van der Waals surface area contributed by atoms with Crippen LogP contribution in [0.3, 0.4) is 0 Å². The summed E-state index contributed by atoms with van der Waals surface area (Å²) < 4.78 is 16.3. The van der Waals surface area contributed by atoms with Crippen molar-refractivity contribution in [3.8, 4) is 17.2 Å². The number of anilines is 1. The van der Waals surface area contributed by atoms with Crippen molar-refractivity contribution in [2.24, 2.45) is 0 Å². The molecule has 0 amide bonds. The molecule has 0 heterocycles. The van der Waals surface area contributed by atoms with Crippen LogP contribution in [0.15, 0.2) is 36.4 Å². The molecule has 0 unspecified atom stereocenters. The van der Waals surface area contributed by atoms with Gasteiger partial charge in [-0.15, -0.1) is 0 Å². The van der Waals surface area contributed by atoms with Gasteiger partial charge in [0.15, 0.2) is 11.5 Å². The predicted molar refractivity (Wildman–Crippen MR) is 94.1 cm³/mol. The number of nitrogens with one attached hydrogen (secondary N) is 1. The summed E-state index contributed by atoms with van der Waals surface area (Å²) in [6.45, 7) is 5.76. The van der Waals surface area contributed by atoms with E-state index in [4.69, 9.17) is 25.8 Å². The first-order chi connectivity index (χ1) is 11.2. The highest BCUT2D eigenvalue weighted by molar-refractivity contribution is 6.32. The zero-order valence-electron chi connectivity index (χ0n) is 13.7. The van der Waals surface area contributed by atoms with Crippen LogP contribution in [0.5, 0.6) is 17.2 Å². The average molecular weight is 336 g/mol. The summed E-state index contributed by atoms with van der Waals surface area (Å²) >= 11 is 6.26. The molecule has 0 fully saturated rings. The molecule has 0 saturated heterocycles. The van der Waals surface area contributed by atoms with Crippen LogP contribution in [0, 0.1) is 0 Å². The lowest BCUT2D eigenvalue weighted by atomic mass is 10.2. The Hall–Kier alpha value is -2.07. The van der Waals surface area contributed by atoms with Crippen molar-refractivity contribution >= 4 is 17.3 Å². The first kappa shape index (κ1) is 17.3. The van der Waals surface area contributed by atoms with E-state index in [9.17, 15) is 0 Å². The van der Waals surface area contributed by atoms with E-state index in [2.05, 4.69) is 5.32 Å². The Labute approximate surface area is 142 Å². The molecule has 0 radical (unpaired) electrons. The van der Waals surface area contributed by atoms with Crippen LogP contribution in [0.2, 0.25) is 5.02 Å². The second kappa shape index (κ2) is 8.53. The van der Waals surface area contributed by atoms with Gasteiger partial charge in [-0.3, -0.25) is 0 Å². The van der Waals surface area contributed by atoms with Crippen LogP contribution < -0.4 is 19.5 Å². The summed E-state index contributed by atoms with van der Waals surface area (Å²) in [4.78, 5) is 0. The third-order valence-corrected chi connectivity index (χ3v) is 3.52. The maximum atomic E-state index is 6.26. The fraction of sp³-hybridized carbons (Fsp3) is 0.333. The zero-order valence-corrected chi connectivity index (χ0v) is 14.4. The lowest BCUT2D eigenvalue weighted by molar-refractivity contribution is 0.310. The van der Waals surface area contributed by atoms with Crippen molar-refractivity contribution in [1.29, 1.82) is 0 Å². The standard InChI is InChI=1S/C18H22ClNO3/c1-4-22-15-8-6-14(7-9-15)20-12-13-10-16(19)18(21-3)17(11-13)23-5-2/h6-11,20H,4-5,12H2,1-3H3. The van der Waals surface area contributed by atoms with E-state index < -0.39 is 0 Å². The van der Waals surface area contributed by atoms with Gasteiger partial charge in [-0.05, 0) is 55.8 Å². The summed E-state index contributed by atoms with van der Waals surface area (Å²) in [5.74, 6) is 2.09. The lowest BCUT2D eigenvalue weighted by Crippen LogP contribution is -2.02. The van der Waals surface area contributed by atoms with E-state index in [1.807, 2.05) is 50.2 Å². The topological polar surface area (TPSA) is 39.7 Å². The predicted octanol–water partition coefficient (Wildman–Crippen LogP) is 4.76. The van der Waals surface area contributed by atoms with E-state index >= 15 is 0 Å². The van der Waals surface area contributed by atoms with E-state index in [-0.39, 0.29) is 0 Å². The Morgan fingerprint density at radius 3 is 2.30 bits per heavy atom. The molecule has 23 heavy (non-hydrogen) atoms. The van der Waals surface area contributed by atoms with Gasteiger partial charge in [0.05, 0.1) is 25.3 Å². The number of halogens is 1. The average Bonchev–Trinajstić information content (AvgIpc) is 2.55. The third kappa shape index (κ3) is 4.70. The highest BCUT2D eigenvalue weighted by Gasteiger charge is 2.11. The molecule has 2 aromatic carbocycles. The van der Waals surface area contributed by atoms with Gasteiger partial charge in [-0.1, -0.05) is 11.6 Å². The van der Waals surface area contributed by atoms with Gasteiger partial charge < -0.3 is 19.5 Å². The minimum Gasteiger partial charge on any atom is -0.494 e. The fourth-order valence-electron chi connectivity index (χ4n) is 2.22. The van der Waals surface area contributed by atoms with Crippen LogP contribution in [0.4, 0.5) is 5.69 Å². The minimum atomic E-state index is 0.543. The smallest absolute Gasteiger partial charge is 0.179 e. The number of methoxy groups -OCH3 is 1. The van der Waals surface area contributed by atoms with Crippen molar-refractivity contribution in [2.75, 3.05) is 25.6 Å². The summed E-state index contributed by atoms with van der Waals surface area (Å²) in [6.07, 6.45) is 0. The molecule has 1 N–H and O–H groups in total. The van der Waals surface area contributed by atoms with E-state index in [0.717, 1.165) is 17.0 Å². The minimum absolute atomic E-state index is 0.543. The molecule has 4 nitrogen and oxygen atoms in total.